The van der Waals surface area contributed by atoms with Crippen LogP contribution in [-0.4, -0.2) is 11.7 Å². The monoisotopic (exact) mass is 297 g/mol. The average molecular weight is 298 g/mol. The lowest BCUT2D eigenvalue weighted by Gasteiger charge is -2.15. The Kier molecular flexibility index (Phi) is 4.53. The van der Waals surface area contributed by atoms with Crippen LogP contribution in [0.2, 0.25) is 10.0 Å². The van der Waals surface area contributed by atoms with Gasteiger partial charge in [0.05, 0.1) is 5.02 Å². The summed E-state index contributed by atoms with van der Waals surface area (Å²) in [4.78, 5) is 0. The second-order valence-electron chi connectivity index (χ2n) is 4.03. The van der Waals surface area contributed by atoms with Gasteiger partial charge in [-0.25, -0.2) is 0 Å². The number of benzene rings is 2. The van der Waals surface area contributed by atoms with Crippen molar-refractivity contribution in [2.45, 2.75) is 6.10 Å². The molecule has 0 spiro atoms. The van der Waals surface area contributed by atoms with E-state index in [-0.39, 0.29) is 6.61 Å². The third-order valence-electron chi connectivity index (χ3n) is 2.65. The van der Waals surface area contributed by atoms with Crippen LogP contribution >= 0.6 is 23.2 Å². The third kappa shape index (κ3) is 3.53. The molecule has 1 unspecified atom stereocenters. The van der Waals surface area contributed by atoms with Crippen molar-refractivity contribution in [2.24, 2.45) is 0 Å². The summed E-state index contributed by atoms with van der Waals surface area (Å²) in [6.45, 7) is 0.0650. The third-order valence-corrected chi connectivity index (χ3v) is 3.18. The number of hydrogen-bond acceptors (Lipinski definition) is 3. The minimum Gasteiger partial charge on any atom is -0.489 e. The topological polar surface area (TPSA) is 55.5 Å². The Morgan fingerprint density at radius 2 is 1.89 bits per heavy atom. The Morgan fingerprint density at radius 3 is 2.58 bits per heavy atom. The molecule has 2 aromatic carbocycles. The van der Waals surface area contributed by atoms with E-state index in [2.05, 4.69) is 0 Å². The van der Waals surface area contributed by atoms with E-state index in [0.717, 1.165) is 0 Å². The molecule has 3 N–H and O–H groups in total. The van der Waals surface area contributed by atoms with Gasteiger partial charge in [-0.15, -0.1) is 0 Å². The maximum absolute atomic E-state index is 10.0. The van der Waals surface area contributed by atoms with Gasteiger partial charge in [0.1, 0.15) is 18.5 Å². The van der Waals surface area contributed by atoms with E-state index in [4.69, 9.17) is 33.7 Å². The highest BCUT2D eigenvalue weighted by atomic mass is 35.5. The number of aliphatic hydroxyl groups excluding tert-OH is 1. The molecule has 0 radical (unpaired) electrons. The highest BCUT2D eigenvalue weighted by Gasteiger charge is 2.12. The fourth-order valence-corrected chi connectivity index (χ4v) is 2.13. The fraction of sp³-hybridized carbons (Fsp3) is 0.143. The Morgan fingerprint density at radius 1 is 1.16 bits per heavy atom. The minimum absolute atomic E-state index is 0.0650. The molecule has 19 heavy (non-hydrogen) atoms. The average Bonchev–Trinajstić information content (AvgIpc) is 2.38. The smallest absolute Gasteiger partial charge is 0.138 e. The van der Waals surface area contributed by atoms with Gasteiger partial charge < -0.3 is 15.6 Å². The zero-order valence-corrected chi connectivity index (χ0v) is 11.5. The molecule has 100 valence electrons. The van der Waals surface area contributed by atoms with E-state index in [1.165, 1.54) is 0 Å². The molecule has 0 heterocycles. The van der Waals surface area contributed by atoms with Crippen molar-refractivity contribution in [1.82, 2.24) is 0 Å². The van der Waals surface area contributed by atoms with E-state index >= 15 is 0 Å². The van der Waals surface area contributed by atoms with Crippen molar-refractivity contribution in [1.29, 1.82) is 0 Å². The van der Waals surface area contributed by atoms with Crippen molar-refractivity contribution >= 4 is 28.9 Å². The van der Waals surface area contributed by atoms with Gasteiger partial charge in [0.15, 0.2) is 0 Å². The summed E-state index contributed by atoms with van der Waals surface area (Å²) in [5.74, 6) is 0.472. The van der Waals surface area contributed by atoms with Crippen molar-refractivity contribution in [3.63, 3.8) is 0 Å². The first-order chi connectivity index (χ1) is 9.08. The van der Waals surface area contributed by atoms with Crippen LogP contribution in [0.5, 0.6) is 5.75 Å². The molecule has 3 nitrogen and oxygen atoms in total. The zero-order chi connectivity index (χ0) is 13.8. The normalized spacial score (nSPS) is 12.2. The summed E-state index contributed by atoms with van der Waals surface area (Å²) >= 11 is 11.8. The Labute approximate surface area is 121 Å². The van der Waals surface area contributed by atoms with Gasteiger partial charge in [0.2, 0.25) is 0 Å². The number of aliphatic hydroxyl groups is 1. The van der Waals surface area contributed by atoms with Gasteiger partial charge in [-0.05, 0) is 24.3 Å². The molecule has 0 bridgehead atoms. The largest absolute Gasteiger partial charge is 0.489 e. The molecule has 0 aliphatic heterocycles. The molecule has 0 amide bonds. The standard InChI is InChI=1S/C14H13Cl2NO2/c15-9-5-6-14(11(16)7-9)19-8-13(18)10-3-1-2-4-12(10)17/h1-7,13,18H,8,17H2. The van der Waals surface area contributed by atoms with E-state index in [1.807, 2.05) is 12.1 Å². The quantitative estimate of drug-likeness (QED) is 0.846. The number of para-hydroxylation sites is 1. The SMILES string of the molecule is Nc1ccccc1C(O)COc1ccc(Cl)cc1Cl. The van der Waals surface area contributed by atoms with E-state index in [1.54, 1.807) is 30.3 Å². The summed E-state index contributed by atoms with van der Waals surface area (Å²) < 4.78 is 5.47. The lowest BCUT2D eigenvalue weighted by molar-refractivity contribution is 0.109. The van der Waals surface area contributed by atoms with Gasteiger partial charge in [0.25, 0.3) is 0 Å². The Balaban J connectivity index is 2.04. The Bertz CT molecular complexity index is 575. The first-order valence-electron chi connectivity index (χ1n) is 5.68. The molecule has 2 aromatic rings. The zero-order valence-electron chi connectivity index (χ0n) is 10.0. The summed E-state index contributed by atoms with van der Waals surface area (Å²) in [6.07, 6.45) is -0.812. The van der Waals surface area contributed by atoms with E-state index in [0.29, 0.717) is 27.0 Å². The van der Waals surface area contributed by atoms with Crippen molar-refractivity contribution in [2.75, 3.05) is 12.3 Å². The molecule has 0 saturated heterocycles. The first kappa shape index (κ1) is 14.0. The summed E-state index contributed by atoms with van der Waals surface area (Å²) in [7, 11) is 0. The number of nitrogen functional groups attached to an aromatic ring is 1. The number of hydrogen-bond donors (Lipinski definition) is 2. The first-order valence-corrected chi connectivity index (χ1v) is 6.44. The number of rotatable bonds is 4. The molecule has 2 rings (SSSR count). The number of anilines is 1. The lowest BCUT2D eigenvalue weighted by Crippen LogP contribution is -2.11. The minimum atomic E-state index is -0.812. The maximum Gasteiger partial charge on any atom is 0.138 e. The number of ether oxygens (including phenoxy) is 1. The van der Waals surface area contributed by atoms with Crippen LogP contribution in [0.1, 0.15) is 11.7 Å². The summed E-state index contributed by atoms with van der Waals surface area (Å²) in [5.41, 5.74) is 6.94. The van der Waals surface area contributed by atoms with Crippen molar-refractivity contribution < 1.29 is 9.84 Å². The van der Waals surface area contributed by atoms with Crippen LogP contribution in [0.4, 0.5) is 5.69 Å². The van der Waals surface area contributed by atoms with Gasteiger partial charge in [-0.3, -0.25) is 0 Å². The second kappa shape index (κ2) is 6.15. The molecule has 0 aromatic heterocycles. The van der Waals surface area contributed by atoms with Crippen LogP contribution in [0.3, 0.4) is 0 Å². The van der Waals surface area contributed by atoms with Gasteiger partial charge in [-0.1, -0.05) is 41.4 Å². The molecular weight excluding hydrogens is 285 g/mol. The molecule has 0 fully saturated rings. The fourth-order valence-electron chi connectivity index (χ4n) is 1.67. The Hall–Kier alpha value is -1.42. The number of halogens is 2. The second-order valence-corrected chi connectivity index (χ2v) is 4.87. The predicted octanol–water partition coefficient (Wildman–Crippen LogP) is 3.69. The van der Waals surface area contributed by atoms with E-state index in [9.17, 15) is 5.11 Å². The molecule has 5 heteroatoms. The van der Waals surface area contributed by atoms with Crippen molar-refractivity contribution in [3.05, 3.63) is 58.1 Å². The maximum atomic E-state index is 10.0. The summed E-state index contributed by atoms with van der Waals surface area (Å²) in [5, 5.41) is 11.0. The van der Waals surface area contributed by atoms with Crippen LogP contribution in [0, 0.1) is 0 Å². The molecule has 0 aliphatic rings. The van der Waals surface area contributed by atoms with Gasteiger partial charge in [0, 0.05) is 16.3 Å². The predicted molar refractivity (Wildman–Crippen MR) is 77.8 cm³/mol. The van der Waals surface area contributed by atoms with Crippen molar-refractivity contribution in [3.8, 4) is 5.75 Å². The molecule has 0 saturated carbocycles. The van der Waals surface area contributed by atoms with Crippen LogP contribution in [-0.2, 0) is 0 Å². The molecular formula is C14H13Cl2NO2. The molecule has 0 aliphatic carbocycles. The molecule has 1 atom stereocenters. The van der Waals surface area contributed by atoms with E-state index < -0.39 is 6.10 Å². The lowest BCUT2D eigenvalue weighted by atomic mass is 10.1. The van der Waals surface area contributed by atoms with Crippen LogP contribution in [0.15, 0.2) is 42.5 Å². The summed E-state index contributed by atoms with van der Waals surface area (Å²) in [6, 6.07) is 12.0. The van der Waals surface area contributed by atoms with Crippen LogP contribution < -0.4 is 10.5 Å². The van der Waals surface area contributed by atoms with Gasteiger partial charge in [-0.2, -0.15) is 0 Å². The van der Waals surface area contributed by atoms with Gasteiger partial charge >= 0.3 is 0 Å². The highest BCUT2D eigenvalue weighted by Crippen LogP contribution is 2.29. The highest BCUT2D eigenvalue weighted by molar-refractivity contribution is 6.35. The number of nitrogens with two attached hydrogens (primary N) is 1. The van der Waals surface area contributed by atoms with Crippen LogP contribution in [0.25, 0.3) is 0 Å².